The molecule has 18 heavy (non-hydrogen) atoms. The van der Waals surface area contributed by atoms with E-state index in [9.17, 15) is 0 Å². The zero-order valence-corrected chi connectivity index (χ0v) is 11.6. The molecule has 94 valence electrons. The van der Waals surface area contributed by atoms with Crippen LogP contribution >= 0.6 is 34.8 Å². The van der Waals surface area contributed by atoms with Crippen molar-refractivity contribution in [3.8, 4) is 0 Å². The van der Waals surface area contributed by atoms with Crippen LogP contribution in [0, 0.1) is 0 Å². The Morgan fingerprint density at radius 3 is 2.44 bits per heavy atom. The van der Waals surface area contributed by atoms with Crippen LogP contribution in [0.15, 0.2) is 40.0 Å². The van der Waals surface area contributed by atoms with Gasteiger partial charge in [0.2, 0.25) is 0 Å². The second-order valence-electron chi connectivity index (χ2n) is 3.53. The van der Waals surface area contributed by atoms with Crippen molar-refractivity contribution in [2.24, 2.45) is 5.10 Å². The van der Waals surface area contributed by atoms with Gasteiger partial charge in [-0.3, -0.25) is 5.43 Å². The average Bonchev–Trinajstić information content (AvgIpc) is 2.80. The van der Waals surface area contributed by atoms with Crippen molar-refractivity contribution in [1.29, 1.82) is 0 Å². The number of nitrogens with zero attached hydrogens (tertiary/aromatic N) is 1. The molecule has 0 aliphatic carbocycles. The van der Waals surface area contributed by atoms with E-state index in [-0.39, 0.29) is 0 Å². The Balaban J connectivity index is 2.23. The van der Waals surface area contributed by atoms with Gasteiger partial charge in [-0.05, 0) is 31.2 Å². The van der Waals surface area contributed by atoms with Gasteiger partial charge in [-0.25, -0.2) is 0 Å². The lowest BCUT2D eigenvalue weighted by molar-refractivity contribution is 0.557. The molecule has 0 saturated carbocycles. The van der Waals surface area contributed by atoms with E-state index in [4.69, 9.17) is 39.2 Å². The maximum Gasteiger partial charge on any atom is 0.149 e. The van der Waals surface area contributed by atoms with E-state index in [0.29, 0.717) is 32.2 Å². The summed E-state index contributed by atoms with van der Waals surface area (Å²) >= 11 is 17.9. The molecular weight excluding hydrogens is 295 g/mol. The largest absolute Gasteiger partial charge is 0.463 e. The third-order valence-electron chi connectivity index (χ3n) is 2.22. The normalized spacial score (nSPS) is 11.7. The van der Waals surface area contributed by atoms with Crippen molar-refractivity contribution in [1.82, 2.24) is 0 Å². The molecule has 0 radical (unpaired) electrons. The molecule has 1 aromatic carbocycles. The van der Waals surface area contributed by atoms with Crippen LogP contribution in [0.4, 0.5) is 5.69 Å². The summed E-state index contributed by atoms with van der Waals surface area (Å²) in [5.41, 5.74) is 3.99. The molecule has 2 rings (SSSR count). The van der Waals surface area contributed by atoms with Crippen LogP contribution in [-0.2, 0) is 0 Å². The van der Waals surface area contributed by atoms with Gasteiger partial charge in [0.25, 0.3) is 0 Å². The first-order valence-corrected chi connectivity index (χ1v) is 6.20. The number of hydrogen-bond acceptors (Lipinski definition) is 3. The topological polar surface area (TPSA) is 37.5 Å². The SMILES string of the molecule is C/C(=N\Nc1c(Cl)cc(Cl)cc1Cl)c1ccco1. The van der Waals surface area contributed by atoms with Crippen LogP contribution in [0.2, 0.25) is 15.1 Å². The van der Waals surface area contributed by atoms with Crippen molar-refractivity contribution < 1.29 is 4.42 Å². The zero-order valence-electron chi connectivity index (χ0n) is 9.38. The smallest absolute Gasteiger partial charge is 0.149 e. The molecule has 0 bridgehead atoms. The van der Waals surface area contributed by atoms with Crippen LogP contribution in [0.5, 0.6) is 0 Å². The fourth-order valence-corrected chi connectivity index (χ4v) is 2.23. The van der Waals surface area contributed by atoms with Gasteiger partial charge in [0.05, 0.1) is 22.0 Å². The predicted octanol–water partition coefficient (Wildman–Crippen LogP) is 5.08. The van der Waals surface area contributed by atoms with E-state index >= 15 is 0 Å². The summed E-state index contributed by atoms with van der Waals surface area (Å²) in [5, 5.41) is 5.44. The maximum absolute atomic E-state index is 6.02. The number of halogens is 3. The monoisotopic (exact) mass is 302 g/mol. The Hall–Kier alpha value is -1.16. The van der Waals surface area contributed by atoms with Crippen molar-refractivity contribution in [3.63, 3.8) is 0 Å². The van der Waals surface area contributed by atoms with Gasteiger partial charge in [-0.1, -0.05) is 34.8 Å². The number of hydrogen-bond donors (Lipinski definition) is 1. The molecule has 1 aromatic heterocycles. The summed E-state index contributed by atoms with van der Waals surface area (Å²) in [6, 6.07) is 6.78. The zero-order chi connectivity index (χ0) is 13.1. The maximum atomic E-state index is 6.02. The van der Waals surface area contributed by atoms with E-state index in [2.05, 4.69) is 10.5 Å². The molecule has 0 unspecified atom stereocenters. The molecule has 3 nitrogen and oxygen atoms in total. The number of rotatable bonds is 3. The van der Waals surface area contributed by atoms with Gasteiger partial charge in [0.1, 0.15) is 11.5 Å². The minimum atomic E-state index is 0.406. The molecule has 0 spiro atoms. The standard InChI is InChI=1S/C12H9Cl3N2O/c1-7(11-3-2-4-18-11)16-17-12-9(14)5-8(13)6-10(12)15/h2-6,17H,1H3/b16-7+. The second-order valence-corrected chi connectivity index (χ2v) is 4.78. The lowest BCUT2D eigenvalue weighted by Crippen LogP contribution is -1.99. The first-order valence-electron chi connectivity index (χ1n) is 5.06. The first-order chi connectivity index (χ1) is 8.58. The van der Waals surface area contributed by atoms with E-state index in [1.165, 1.54) is 0 Å². The molecule has 0 aliphatic rings. The second kappa shape index (κ2) is 5.65. The van der Waals surface area contributed by atoms with Crippen molar-refractivity contribution in [2.45, 2.75) is 6.92 Å². The molecular formula is C12H9Cl3N2O. The van der Waals surface area contributed by atoms with Crippen LogP contribution in [-0.4, -0.2) is 5.71 Å². The Morgan fingerprint density at radius 2 is 1.89 bits per heavy atom. The summed E-state index contributed by atoms with van der Waals surface area (Å²) in [5.74, 6) is 0.670. The van der Waals surface area contributed by atoms with Gasteiger partial charge in [0, 0.05) is 5.02 Å². The summed E-state index contributed by atoms with van der Waals surface area (Å²) in [6.07, 6.45) is 1.58. The minimum Gasteiger partial charge on any atom is -0.463 e. The Labute approximate surface area is 119 Å². The molecule has 0 aliphatic heterocycles. The molecule has 6 heteroatoms. The highest BCUT2D eigenvalue weighted by molar-refractivity contribution is 6.41. The van der Waals surface area contributed by atoms with Gasteiger partial charge in [-0.2, -0.15) is 5.10 Å². The van der Waals surface area contributed by atoms with Crippen LogP contribution in [0.25, 0.3) is 0 Å². The number of hydrazone groups is 1. The first kappa shape index (κ1) is 13.3. The highest BCUT2D eigenvalue weighted by atomic mass is 35.5. The fourth-order valence-electron chi connectivity index (χ4n) is 1.33. The number of nitrogens with one attached hydrogen (secondary N) is 1. The van der Waals surface area contributed by atoms with E-state index in [1.54, 1.807) is 24.5 Å². The fraction of sp³-hybridized carbons (Fsp3) is 0.0833. The van der Waals surface area contributed by atoms with E-state index in [1.807, 2.05) is 13.0 Å². The molecule has 0 fully saturated rings. The lowest BCUT2D eigenvalue weighted by atomic mass is 10.3. The van der Waals surface area contributed by atoms with Crippen LogP contribution in [0.3, 0.4) is 0 Å². The van der Waals surface area contributed by atoms with Crippen molar-refractivity contribution >= 4 is 46.2 Å². The summed E-state index contributed by atoms with van der Waals surface area (Å²) in [6.45, 7) is 1.81. The van der Waals surface area contributed by atoms with Crippen LogP contribution in [0.1, 0.15) is 12.7 Å². The highest BCUT2D eigenvalue weighted by Crippen LogP contribution is 2.33. The number of anilines is 1. The molecule has 0 atom stereocenters. The third kappa shape index (κ3) is 2.99. The summed E-state index contributed by atoms with van der Waals surface area (Å²) in [4.78, 5) is 0. The summed E-state index contributed by atoms with van der Waals surface area (Å²) in [7, 11) is 0. The quantitative estimate of drug-likeness (QED) is 0.634. The van der Waals surface area contributed by atoms with Gasteiger partial charge in [-0.15, -0.1) is 0 Å². The number of benzene rings is 1. The minimum absolute atomic E-state index is 0.406. The summed E-state index contributed by atoms with van der Waals surface area (Å²) < 4.78 is 5.21. The van der Waals surface area contributed by atoms with Crippen LogP contribution < -0.4 is 5.43 Å². The van der Waals surface area contributed by atoms with Gasteiger partial charge in [0.15, 0.2) is 0 Å². The third-order valence-corrected chi connectivity index (χ3v) is 3.03. The van der Waals surface area contributed by atoms with E-state index < -0.39 is 0 Å². The van der Waals surface area contributed by atoms with E-state index in [0.717, 1.165) is 0 Å². The van der Waals surface area contributed by atoms with Gasteiger partial charge >= 0.3 is 0 Å². The molecule has 1 heterocycles. The molecule has 0 saturated heterocycles. The number of furan rings is 1. The molecule has 0 amide bonds. The molecule has 2 aromatic rings. The molecule has 1 N–H and O–H groups in total. The van der Waals surface area contributed by atoms with Gasteiger partial charge < -0.3 is 4.42 Å². The predicted molar refractivity (Wildman–Crippen MR) is 76.0 cm³/mol. The van der Waals surface area contributed by atoms with Crippen molar-refractivity contribution in [3.05, 3.63) is 51.4 Å². The Bertz CT molecular complexity index is 556. The average molecular weight is 304 g/mol. The Morgan fingerprint density at radius 1 is 1.22 bits per heavy atom. The van der Waals surface area contributed by atoms with Crippen molar-refractivity contribution in [2.75, 3.05) is 5.43 Å². The highest BCUT2D eigenvalue weighted by Gasteiger charge is 2.07. The lowest BCUT2D eigenvalue weighted by Gasteiger charge is -2.07. The Kier molecular flexibility index (Phi) is 4.17.